The molecule has 0 aromatic carbocycles. The molecule has 1 unspecified atom stereocenters. The van der Waals surface area contributed by atoms with Gasteiger partial charge < -0.3 is 9.47 Å². The fourth-order valence-electron chi connectivity index (χ4n) is 0.635. The molecule has 0 fully saturated rings. The van der Waals surface area contributed by atoms with Crippen molar-refractivity contribution in [3.63, 3.8) is 0 Å². The van der Waals surface area contributed by atoms with Crippen LogP contribution in [-0.2, 0) is 19.1 Å². The lowest BCUT2D eigenvalue weighted by Crippen LogP contribution is -2.32. The molecule has 0 bridgehead atoms. The Morgan fingerprint density at radius 3 is 2.82 bits per heavy atom. The van der Waals surface area contributed by atoms with Crippen LogP contribution in [0.3, 0.4) is 0 Å². The van der Waals surface area contributed by atoms with E-state index in [0.29, 0.717) is 0 Å². The molecule has 1 heterocycles. The van der Waals surface area contributed by atoms with Gasteiger partial charge in [0.25, 0.3) is 6.29 Å². The van der Waals surface area contributed by atoms with Crippen LogP contribution in [0.2, 0.25) is 0 Å². The molecule has 0 aromatic rings. The lowest BCUT2D eigenvalue weighted by Gasteiger charge is -2.16. The highest BCUT2D eigenvalue weighted by Gasteiger charge is 2.29. The Bertz CT molecular complexity index is 233. The van der Waals surface area contributed by atoms with E-state index in [-0.39, 0.29) is 5.03 Å². The lowest BCUT2D eigenvalue weighted by molar-refractivity contribution is -0.176. The Labute approximate surface area is 67.7 Å². The number of cyclic esters (lactones) is 1. The smallest absolute Gasteiger partial charge is 0.335 e. The van der Waals surface area contributed by atoms with Gasteiger partial charge in [0.15, 0.2) is 0 Å². The number of rotatable bonds is 1. The SMILES string of the molecule is COC1OC(=O)C=C(Cl)C1=O. The number of ether oxygens (including phenoxy) is 2. The normalized spacial score (nSPS) is 24.5. The van der Waals surface area contributed by atoms with E-state index in [1.54, 1.807) is 0 Å². The molecule has 1 aliphatic heterocycles. The molecule has 60 valence electrons. The van der Waals surface area contributed by atoms with Gasteiger partial charge in [-0.25, -0.2) is 4.79 Å². The van der Waals surface area contributed by atoms with Gasteiger partial charge in [0.2, 0.25) is 5.78 Å². The molecule has 0 aliphatic carbocycles. The summed E-state index contributed by atoms with van der Waals surface area (Å²) >= 11 is 5.37. The average molecular weight is 177 g/mol. The minimum absolute atomic E-state index is 0.159. The molecule has 4 nitrogen and oxygen atoms in total. The molecule has 0 spiro atoms. The van der Waals surface area contributed by atoms with E-state index in [1.165, 1.54) is 7.11 Å². The van der Waals surface area contributed by atoms with Gasteiger partial charge in [-0.1, -0.05) is 11.6 Å². The van der Waals surface area contributed by atoms with Crippen LogP contribution in [0.5, 0.6) is 0 Å². The number of halogens is 1. The number of esters is 1. The summed E-state index contributed by atoms with van der Waals surface area (Å²) in [6.45, 7) is 0. The van der Waals surface area contributed by atoms with Crippen LogP contribution >= 0.6 is 11.6 Å². The van der Waals surface area contributed by atoms with Crippen LogP contribution in [-0.4, -0.2) is 25.2 Å². The second-order valence-electron chi connectivity index (χ2n) is 1.86. The summed E-state index contributed by atoms with van der Waals surface area (Å²) in [6, 6.07) is 0. The van der Waals surface area contributed by atoms with Crippen molar-refractivity contribution in [2.24, 2.45) is 0 Å². The number of hydrogen-bond acceptors (Lipinski definition) is 4. The zero-order chi connectivity index (χ0) is 8.43. The summed E-state index contributed by atoms with van der Waals surface area (Å²) in [7, 11) is 1.26. The minimum Gasteiger partial charge on any atom is -0.424 e. The third kappa shape index (κ3) is 1.58. The monoisotopic (exact) mass is 176 g/mol. The molecule has 11 heavy (non-hydrogen) atoms. The van der Waals surface area contributed by atoms with E-state index in [0.717, 1.165) is 6.08 Å². The number of carbonyl (C=O) groups is 2. The highest BCUT2D eigenvalue weighted by atomic mass is 35.5. The third-order valence-corrected chi connectivity index (χ3v) is 1.43. The van der Waals surface area contributed by atoms with Crippen LogP contribution in [0.25, 0.3) is 0 Å². The van der Waals surface area contributed by atoms with Crippen LogP contribution in [0, 0.1) is 0 Å². The molecule has 0 saturated heterocycles. The van der Waals surface area contributed by atoms with Crippen molar-refractivity contribution in [1.82, 2.24) is 0 Å². The Balaban J connectivity index is 2.86. The topological polar surface area (TPSA) is 52.6 Å². The fraction of sp³-hybridized carbons (Fsp3) is 0.333. The molecule has 1 atom stereocenters. The fourth-order valence-corrected chi connectivity index (χ4v) is 0.814. The first-order valence-corrected chi connectivity index (χ1v) is 3.17. The number of Topliss-reactive ketones (excluding diaryl/α,β-unsaturated/α-hetero) is 1. The number of ketones is 1. The number of carbonyl (C=O) groups excluding carboxylic acids is 2. The Morgan fingerprint density at radius 2 is 2.27 bits per heavy atom. The molecule has 0 radical (unpaired) electrons. The molecule has 1 rings (SSSR count). The van der Waals surface area contributed by atoms with Gasteiger partial charge in [-0.3, -0.25) is 4.79 Å². The van der Waals surface area contributed by atoms with Gasteiger partial charge in [-0.05, 0) is 0 Å². The molecule has 0 N–H and O–H groups in total. The zero-order valence-corrected chi connectivity index (χ0v) is 6.42. The van der Waals surface area contributed by atoms with E-state index in [2.05, 4.69) is 9.47 Å². The van der Waals surface area contributed by atoms with Gasteiger partial charge in [0.1, 0.15) is 0 Å². The highest BCUT2D eigenvalue weighted by Crippen LogP contribution is 2.14. The predicted octanol–water partition coefficient (Wildman–Crippen LogP) is 0.208. The summed E-state index contributed by atoms with van der Waals surface area (Å²) in [5, 5.41) is -0.159. The minimum atomic E-state index is -1.18. The van der Waals surface area contributed by atoms with Gasteiger partial charge >= 0.3 is 5.97 Å². The van der Waals surface area contributed by atoms with E-state index in [9.17, 15) is 9.59 Å². The van der Waals surface area contributed by atoms with Gasteiger partial charge in [0, 0.05) is 13.2 Å². The van der Waals surface area contributed by atoms with Crippen molar-refractivity contribution in [3.8, 4) is 0 Å². The van der Waals surface area contributed by atoms with Crippen molar-refractivity contribution in [3.05, 3.63) is 11.1 Å². The number of methoxy groups -OCH3 is 1. The Kier molecular flexibility index (Phi) is 2.26. The predicted molar refractivity (Wildman–Crippen MR) is 35.8 cm³/mol. The maximum atomic E-state index is 10.9. The second-order valence-corrected chi connectivity index (χ2v) is 2.27. The zero-order valence-electron chi connectivity index (χ0n) is 5.67. The van der Waals surface area contributed by atoms with Crippen LogP contribution < -0.4 is 0 Å². The Hall–Kier alpha value is -0.870. The largest absolute Gasteiger partial charge is 0.424 e. The summed E-state index contributed by atoms with van der Waals surface area (Å²) in [6.07, 6.45) is -0.264. The van der Waals surface area contributed by atoms with E-state index in [1.807, 2.05) is 0 Å². The summed E-state index contributed by atoms with van der Waals surface area (Å²) in [4.78, 5) is 21.5. The van der Waals surface area contributed by atoms with Crippen molar-refractivity contribution in [1.29, 1.82) is 0 Å². The first kappa shape index (κ1) is 8.23. The van der Waals surface area contributed by atoms with Gasteiger partial charge in [-0.15, -0.1) is 0 Å². The van der Waals surface area contributed by atoms with E-state index >= 15 is 0 Å². The summed E-state index contributed by atoms with van der Waals surface area (Å²) in [5.74, 6) is -1.20. The lowest BCUT2D eigenvalue weighted by atomic mass is 10.3. The van der Waals surface area contributed by atoms with Crippen LogP contribution in [0.1, 0.15) is 0 Å². The average Bonchev–Trinajstić information content (AvgIpc) is 1.96. The maximum absolute atomic E-state index is 10.9. The van der Waals surface area contributed by atoms with Crippen LogP contribution in [0.15, 0.2) is 11.1 Å². The van der Waals surface area contributed by atoms with Crippen molar-refractivity contribution in [2.45, 2.75) is 6.29 Å². The maximum Gasteiger partial charge on any atom is 0.335 e. The first-order chi connectivity index (χ1) is 5.15. The van der Waals surface area contributed by atoms with Crippen molar-refractivity contribution < 1.29 is 19.1 Å². The summed E-state index contributed by atoms with van der Waals surface area (Å²) in [5.41, 5.74) is 0. The number of hydrogen-bond donors (Lipinski definition) is 0. The molecule has 1 aliphatic rings. The van der Waals surface area contributed by atoms with Crippen LogP contribution in [0.4, 0.5) is 0 Å². The van der Waals surface area contributed by atoms with Gasteiger partial charge in [0.05, 0.1) is 5.03 Å². The summed E-state index contributed by atoms with van der Waals surface area (Å²) < 4.78 is 8.97. The molecule has 0 saturated carbocycles. The third-order valence-electron chi connectivity index (χ3n) is 1.13. The van der Waals surface area contributed by atoms with Crippen molar-refractivity contribution in [2.75, 3.05) is 7.11 Å². The van der Waals surface area contributed by atoms with E-state index in [4.69, 9.17) is 11.6 Å². The highest BCUT2D eigenvalue weighted by molar-refractivity contribution is 6.44. The van der Waals surface area contributed by atoms with Crippen molar-refractivity contribution >= 4 is 23.4 Å². The second kappa shape index (κ2) is 3.02. The quantitative estimate of drug-likeness (QED) is 0.536. The molecule has 0 amide bonds. The van der Waals surface area contributed by atoms with Gasteiger partial charge in [-0.2, -0.15) is 0 Å². The molecular formula is C6H5ClO4. The molecular weight excluding hydrogens is 172 g/mol. The standard InChI is InChI=1S/C6H5ClO4/c1-10-6-5(9)3(7)2-4(8)11-6/h2,6H,1H3. The molecule has 5 heteroatoms. The Morgan fingerprint density at radius 1 is 1.64 bits per heavy atom. The molecule has 0 aromatic heterocycles. The van der Waals surface area contributed by atoms with E-state index < -0.39 is 18.0 Å². The first-order valence-electron chi connectivity index (χ1n) is 2.80.